The van der Waals surface area contributed by atoms with Crippen molar-refractivity contribution in [1.29, 1.82) is 0 Å². The van der Waals surface area contributed by atoms with Crippen LogP contribution in [0.5, 0.6) is 0 Å². The number of hydrogen-bond acceptors (Lipinski definition) is 0. The van der Waals surface area contributed by atoms with E-state index in [0.29, 0.717) is 0 Å². The first kappa shape index (κ1) is 27.2. The Labute approximate surface area is 210 Å². The molecule has 2 aromatic carbocycles. The Hall–Kier alpha value is -1.06. The smallest absolute Gasteiger partial charge is 1.00 e. The van der Waals surface area contributed by atoms with Gasteiger partial charge in [-0.25, -0.2) is 0 Å². The normalized spacial score (nSPS) is 14.9. The number of hydrogen-bond donors (Lipinski definition) is 0. The Morgan fingerprint density at radius 3 is 1.41 bits per heavy atom. The zero-order chi connectivity index (χ0) is 21.4. The van der Waals surface area contributed by atoms with Crippen molar-refractivity contribution in [3.05, 3.63) is 101 Å². The Morgan fingerprint density at radius 2 is 1.06 bits per heavy atom. The third-order valence-electron chi connectivity index (χ3n) is 6.17. The summed E-state index contributed by atoms with van der Waals surface area (Å²) in [5, 5.41) is 0. The summed E-state index contributed by atoms with van der Waals surface area (Å²) in [4.78, 5) is 0. The van der Waals surface area contributed by atoms with Gasteiger partial charge in [0.05, 0.1) is 0 Å². The van der Waals surface area contributed by atoms with Crippen LogP contribution in [0.3, 0.4) is 0 Å². The van der Waals surface area contributed by atoms with Crippen molar-refractivity contribution in [2.75, 3.05) is 0 Å². The van der Waals surface area contributed by atoms with Crippen LogP contribution in [0.4, 0.5) is 8.78 Å². The van der Waals surface area contributed by atoms with E-state index in [0.717, 1.165) is 35.1 Å². The first-order valence-electron chi connectivity index (χ1n) is 10.4. The Kier molecular flexibility index (Phi) is 9.67. The minimum atomic E-state index is -2.10. The van der Waals surface area contributed by atoms with Gasteiger partial charge in [-0.05, 0) is 0 Å². The largest absolute Gasteiger partial charge is 1.00 e. The standard InChI is InChI=1S/2C12H10F.C2H6Si.2ClH.Zr/c2*1-9-5-4-7-10(9)11-6-2-3-8-12(11)13;1-3-2;;;/h2*2-3,6-8H,4H2,1H3;1-2H3;2*1H;/q;;;;;+2/p-2. The van der Waals surface area contributed by atoms with Crippen molar-refractivity contribution in [3.63, 3.8) is 0 Å². The fraction of sp³-hybridized carbons (Fsp3) is 0.231. The molecule has 6 heteroatoms. The molecule has 0 bridgehead atoms. The molecule has 32 heavy (non-hydrogen) atoms. The molecule has 0 radical (unpaired) electrons. The first-order chi connectivity index (χ1) is 14.4. The Bertz CT molecular complexity index is 1110. The third kappa shape index (κ3) is 5.04. The molecule has 0 unspecified atom stereocenters. The molecular formula is C26H26Cl2F2SiZr. The average molecular weight is 567 g/mol. The van der Waals surface area contributed by atoms with Gasteiger partial charge in [-0.1, -0.05) is 0 Å². The van der Waals surface area contributed by atoms with Crippen LogP contribution in [-0.4, -0.2) is 5.43 Å². The van der Waals surface area contributed by atoms with Gasteiger partial charge in [-0.3, -0.25) is 0 Å². The van der Waals surface area contributed by atoms with Crippen molar-refractivity contribution < 1.29 is 54.0 Å². The number of allylic oxidation sites excluding steroid dienone is 8. The van der Waals surface area contributed by atoms with Gasteiger partial charge in [0.2, 0.25) is 0 Å². The number of rotatable bonds is 4. The maximum absolute atomic E-state index is 14.4. The van der Waals surface area contributed by atoms with E-state index in [1.165, 1.54) is 11.1 Å². The molecule has 0 atom stereocenters. The summed E-state index contributed by atoms with van der Waals surface area (Å²) < 4.78 is 32.1. The predicted molar refractivity (Wildman–Crippen MR) is 121 cm³/mol. The summed E-state index contributed by atoms with van der Waals surface area (Å²) >= 11 is -2.10. The van der Waals surface area contributed by atoms with Gasteiger partial charge in [0, 0.05) is 0 Å². The minimum absolute atomic E-state index is 0. The van der Waals surface area contributed by atoms with E-state index < -0.39 is 25.8 Å². The molecule has 4 rings (SSSR count). The van der Waals surface area contributed by atoms with Crippen molar-refractivity contribution in [2.45, 2.75) is 39.8 Å². The van der Waals surface area contributed by atoms with E-state index >= 15 is 0 Å². The zero-order valence-electron chi connectivity index (χ0n) is 18.7. The second-order valence-electron chi connectivity index (χ2n) is 8.19. The molecule has 0 N–H and O–H groups in total. The average Bonchev–Trinajstić information content (AvgIpc) is 3.27. The van der Waals surface area contributed by atoms with Crippen LogP contribution < -0.4 is 24.8 Å². The second-order valence-corrected chi connectivity index (χ2v) is 25.3. The monoisotopic (exact) mass is 564 g/mol. The summed E-state index contributed by atoms with van der Waals surface area (Å²) in [5.74, 6) is -0.291. The fourth-order valence-corrected chi connectivity index (χ4v) is 23.1. The molecule has 166 valence electrons. The van der Waals surface area contributed by atoms with Crippen LogP contribution in [0.25, 0.3) is 11.1 Å². The van der Waals surface area contributed by atoms with Gasteiger partial charge in [0.1, 0.15) is 0 Å². The van der Waals surface area contributed by atoms with Crippen molar-refractivity contribution in [2.24, 2.45) is 0 Å². The van der Waals surface area contributed by atoms with Crippen LogP contribution in [0.2, 0.25) is 13.1 Å². The topological polar surface area (TPSA) is 0 Å². The third-order valence-corrected chi connectivity index (χ3v) is 23.9. The molecule has 0 spiro atoms. The van der Waals surface area contributed by atoms with Crippen LogP contribution >= 0.6 is 0 Å². The van der Waals surface area contributed by atoms with Crippen LogP contribution in [0.15, 0.2) is 78.4 Å². The molecule has 0 nitrogen and oxygen atoms in total. The number of benzene rings is 2. The molecule has 0 heterocycles. The van der Waals surface area contributed by atoms with Crippen molar-refractivity contribution in [3.8, 4) is 0 Å². The summed E-state index contributed by atoms with van der Waals surface area (Å²) in [6.07, 6.45) is 6.35. The second kappa shape index (κ2) is 11.4. The molecule has 0 saturated carbocycles. The zero-order valence-corrected chi connectivity index (χ0v) is 23.7. The molecule has 0 aromatic heterocycles. The van der Waals surface area contributed by atoms with E-state index in [2.05, 4.69) is 39.1 Å². The maximum atomic E-state index is 14.4. The van der Waals surface area contributed by atoms with E-state index in [1.54, 1.807) is 30.8 Å². The summed E-state index contributed by atoms with van der Waals surface area (Å²) in [7, 11) is 0. The number of halogens is 4. The van der Waals surface area contributed by atoms with E-state index in [1.807, 2.05) is 24.3 Å². The molecule has 0 saturated heterocycles. The van der Waals surface area contributed by atoms with E-state index in [4.69, 9.17) is 0 Å². The maximum Gasteiger partial charge on any atom is -1.00 e. The van der Waals surface area contributed by atoms with Gasteiger partial charge in [-0.15, -0.1) is 0 Å². The summed E-state index contributed by atoms with van der Waals surface area (Å²) in [5.41, 5.74) is 5.66. The van der Waals surface area contributed by atoms with E-state index in [9.17, 15) is 8.78 Å². The van der Waals surface area contributed by atoms with Crippen LogP contribution in [0, 0.1) is 11.6 Å². The first-order valence-corrected chi connectivity index (χ1v) is 19.0. The van der Waals surface area contributed by atoms with Crippen molar-refractivity contribution >= 4 is 16.6 Å². The van der Waals surface area contributed by atoms with Crippen molar-refractivity contribution in [1.82, 2.24) is 0 Å². The van der Waals surface area contributed by atoms with E-state index in [-0.39, 0.29) is 36.4 Å². The fourth-order valence-electron chi connectivity index (χ4n) is 4.69. The van der Waals surface area contributed by atoms with Gasteiger partial charge >= 0.3 is 187 Å². The van der Waals surface area contributed by atoms with Crippen LogP contribution in [-0.2, 0) is 20.4 Å². The van der Waals surface area contributed by atoms with Gasteiger partial charge < -0.3 is 24.8 Å². The Balaban J connectivity index is 0.00000181. The quantitative estimate of drug-likeness (QED) is 0.495. The molecule has 2 aliphatic carbocycles. The Morgan fingerprint density at radius 1 is 0.688 bits per heavy atom. The minimum Gasteiger partial charge on any atom is -1.00 e. The molecular weight excluding hydrogens is 540 g/mol. The predicted octanol–water partition coefficient (Wildman–Crippen LogP) is 1.66. The van der Waals surface area contributed by atoms with Crippen LogP contribution in [0.1, 0.15) is 37.8 Å². The molecule has 0 aliphatic heterocycles. The molecule has 2 aliphatic rings. The van der Waals surface area contributed by atoms with Gasteiger partial charge in [0.25, 0.3) is 0 Å². The SMILES string of the molecule is CC1=[C]([Zr+2]([C]2=C(C)C(c3ccccc3F)=CC2)=[Si](C)C)CC=C1c1ccccc1F.[Cl-].[Cl-]. The van der Waals surface area contributed by atoms with Gasteiger partial charge in [0.15, 0.2) is 0 Å². The van der Waals surface area contributed by atoms with Gasteiger partial charge in [-0.2, -0.15) is 0 Å². The molecule has 0 amide bonds. The molecule has 0 fully saturated rings. The summed E-state index contributed by atoms with van der Waals surface area (Å²) in [6, 6.07) is 14.2. The molecule has 2 aromatic rings. The summed E-state index contributed by atoms with van der Waals surface area (Å²) in [6.45, 7) is 9.23.